The smallest absolute Gasteiger partial charge is 0.329 e. The predicted molar refractivity (Wildman–Crippen MR) is 61.3 cm³/mol. The van der Waals surface area contributed by atoms with E-state index >= 15 is 0 Å². The van der Waals surface area contributed by atoms with Gasteiger partial charge in [-0.25, -0.2) is 4.79 Å². The zero-order valence-corrected chi connectivity index (χ0v) is 10.2. The number of anilines is 1. The van der Waals surface area contributed by atoms with Crippen LogP contribution >= 0.6 is 0 Å². The van der Waals surface area contributed by atoms with Gasteiger partial charge >= 0.3 is 5.97 Å². The molecule has 18 heavy (non-hydrogen) atoms. The normalized spacial score (nSPS) is 17.1. The molecule has 0 aromatic carbocycles. The Morgan fingerprint density at radius 1 is 1.44 bits per heavy atom. The summed E-state index contributed by atoms with van der Waals surface area (Å²) in [6, 6.07) is 0. The first kappa shape index (κ1) is 12.8. The number of ether oxygens (including phenoxy) is 1. The molecule has 1 aliphatic rings. The van der Waals surface area contributed by atoms with Gasteiger partial charge in [-0.05, 0) is 12.2 Å². The van der Waals surface area contributed by atoms with E-state index in [0.29, 0.717) is 11.8 Å². The van der Waals surface area contributed by atoms with Crippen molar-refractivity contribution in [2.24, 2.45) is 0 Å². The lowest BCUT2D eigenvalue weighted by Gasteiger charge is -2.31. The molecule has 1 aromatic heterocycles. The molecule has 1 aromatic rings. The minimum Gasteiger partial charge on any atom is -0.480 e. The number of piperazine rings is 1. The molecule has 8 heteroatoms. The molecule has 0 amide bonds. The van der Waals surface area contributed by atoms with Crippen molar-refractivity contribution in [1.82, 2.24) is 15.0 Å². The van der Waals surface area contributed by atoms with Crippen molar-refractivity contribution >= 4 is 11.9 Å². The summed E-state index contributed by atoms with van der Waals surface area (Å²) >= 11 is 0. The first-order chi connectivity index (χ1) is 8.65. The molecule has 1 fully saturated rings. The predicted octanol–water partition coefficient (Wildman–Crippen LogP) is -0.577. The molecule has 2 rings (SSSR count). The van der Waals surface area contributed by atoms with Crippen molar-refractivity contribution in [3.8, 4) is 0 Å². The maximum atomic E-state index is 10.3. The molecule has 1 N–H and O–H groups in total. The molecular formula is C10H16N4O4. The first-order valence-electron chi connectivity index (χ1n) is 5.71. The third kappa shape index (κ3) is 3.41. The van der Waals surface area contributed by atoms with Crippen molar-refractivity contribution < 1.29 is 19.2 Å². The lowest BCUT2D eigenvalue weighted by atomic mass is 10.3. The van der Waals surface area contributed by atoms with E-state index in [1.165, 1.54) is 0 Å². The first-order valence-corrected chi connectivity index (χ1v) is 5.71. The van der Waals surface area contributed by atoms with Gasteiger partial charge in [0, 0.05) is 26.2 Å². The average molecular weight is 256 g/mol. The average Bonchev–Trinajstić information content (AvgIpc) is 2.78. The minimum atomic E-state index is -1.02. The third-order valence-corrected chi connectivity index (χ3v) is 2.69. The van der Waals surface area contributed by atoms with Crippen LogP contribution in [0, 0.1) is 0 Å². The van der Waals surface area contributed by atoms with E-state index in [2.05, 4.69) is 22.1 Å². The van der Waals surface area contributed by atoms with E-state index in [1.807, 2.05) is 4.90 Å². The van der Waals surface area contributed by atoms with Crippen LogP contribution in [0.15, 0.2) is 4.52 Å². The van der Waals surface area contributed by atoms with Crippen molar-refractivity contribution in [2.45, 2.75) is 6.61 Å². The number of hydrogen-bond acceptors (Lipinski definition) is 7. The van der Waals surface area contributed by atoms with Crippen LogP contribution in [-0.2, 0) is 16.1 Å². The van der Waals surface area contributed by atoms with Gasteiger partial charge in [-0.15, -0.1) is 0 Å². The number of hydrogen-bond donors (Lipinski definition) is 1. The maximum absolute atomic E-state index is 10.3. The van der Waals surface area contributed by atoms with Crippen molar-refractivity contribution in [1.29, 1.82) is 0 Å². The second-order valence-corrected chi connectivity index (χ2v) is 4.16. The topological polar surface area (TPSA) is 91.9 Å². The van der Waals surface area contributed by atoms with Crippen molar-refractivity contribution in [3.05, 3.63) is 5.89 Å². The van der Waals surface area contributed by atoms with E-state index in [9.17, 15) is 4.79 Å². The van der Waals surface area contributed by atoms with Crippen LogP contribution in [0.1, 0.15) is 5.89 Å². The Morgan fingerprint density at radius 2 is 2.17 bits per heavy atom. The van der Waals surface area contributed by atoms with Gasteiger partial charge in [-0.3, -0.25) is 0 Å². The maximum Gasteiger partial charge on any atom is 0.329 e. The molecule has 0 atom stereocenters. The summed E-state index contributed by atoms with van der Waals surface area (Å²) in [5.74, 6) is -0.184. The van der Waals surface area contributed by atoms with Crippen molar-refractivity contribution in [3.63, 3.8) is 0 Å². The molecule has 1 saturated heterocycles. The van der Waals surface area contributed by atoms with Crippen molar-refractivity contribution in [2.75, 3.05) is 44.7 Å². The van der Waals surface area contributed by atoms with Gasteiger partial charge in [-0.2, -0.15) is 4.98 Å². The Balaban J connectivity index is 1.84. The lowest BCUT2D eigenvalue weighted by Crippen LogP contribution is -2.44. The Hall–Kier alpha value is -1.67. The summed E-state index contributed by atoms with van der Waals surface area (Å²) in [6.07, 6.45) is 0. The molecule has 0 radical (unpaired) electrons. The molecule has 0 saturated carbocycles. The van der Waals surface area contributed by atoms with E-state index in [-0.39, 0.29) is 13.2 Å². The standard InChI is InChI=1S/C10H16N4O4/c1-13-2-4-14(5-3-13)10-11-8(18-12-10)6-17-7-9(15)16/h2-7H2,1H3,(H,15,16). The summed E-state index contributed by atoms with van der Waals surface area (Å²) < 4.78 is 9.87. The van der Waals surface area contributed by atoms with Gasteiger partial charge in [0.05, 0.1) is 0 Å². The van der Waals surface area contributed by atoms with E-state index in [1.54, 1.807) is 0 Å². The van der Waals surface area contributed by atoms with Crippen LogP contribution < -0.4 is 4.90 Å². The fraction of sp³-hybridized carbons (Fsp3) is 0.700. The molecule has 1 aliphatic heterocycles. The summed E-state index contributed by atoms with van der Waals surface area (Å²) in [6.45, 7) is 3.27. The number of aromatic nitrogens is 2. The number of carboxylic acid groups (broad SMARTS) is 1. The quantitative estimate of drug-likeness (QED) is 0.748. The Bertz CT molecular complexity index is 400. The highest BCUT2D eigenvalue weighted by atomic mass is 16.5. The molecule has 0 spiro atoms. The van der Waals surface area contributed by atoms with E-state index in [0.717, 1.165) is 26.2 Å². The van der Waals surface area contributed by atoms with Crippen LogP contribution in [0.5, 0.6) is 0 Å². The van der Waals surface area contributed by atoms with Gasteiger partial charge < -0.3 is 24.2 Å². The number of aliphatic carboxylic acids is 1. The highest BCUT2D eigenvalue weighted by molar-refractivity contribution is 5.67. The molecule has 0 aliphatic carbocycles. The van der Waals surface area contributed by atoms with Crippen LogP contribution in [0.4, 0.5) is 5.95 Å². The molecule has 2 heterocycles. The number of nitrogens with zero attached hydrogens (tertiary/aromatic N) is 4. The molecule has 100 valence electrons. The summed E-state index contributed by atoms with van der Waals surface area (Å²) in [7, 11) is 2.07. The number of carboxylic acids is 1. The van der Waals surface area contributed by atoms with Gasteiger partial charge in [-0.1, -0.05) is 0 Å². The Morgan fingerprint density at radius 3 is 2.83 bits per heavy atom. The van der Waals surface area contributed by atoms with Crippen LogP contribution in [-0.4, -0.2) is 65.9 Å². The number of carbonyl (C=O) groups is 1. The molecular weight excluding hydrogens is 240 g/mol. The van der Waals surface area contributed by atoms with Gasteiger partial charge in [0.15, 0.2) is 0 Å². The summed E-state index contributed by atoms with van der Waals surface area (Å²) in [4.78, 5) is 18.7. The number of rotatable bonds is 5. The highest BCUT2D eigenvalue weighted by Gasteiger charge is 2.19. The number of likely N-dealkylation sites (N-methyl/N-ethyl adjacent to an activating group) is 1. The monoisotopic (exact) mass is 256 g/mol. The van der Waals surface area contributed by atoms with Crippen LogP contribution in [0.2, 0.25) is 0 Å². The fourth-order valence-corrected chi connectivity index (χ4v) is 1.67. The summed E-state index contributed by atoms with van der Waals surface area (Å²) in [5, 5.41) is 12.3. The van der Waals surface area contributed by atoms with Gasteiger partial charge in [0.25, 0.3) is 11.8 Å². The lowest BCUT2D eigenvalue weighted by molar-refractivity contribution is -0.142. The van der Waals surface area contributed by atoms with Gasteiger partial charge in [0.2, 0.25) is 0 Å². The SMILES string of the molecule is CN1CCN(c2noc(COCC(=O)O)n2)CC1. The van der Waals surface area contributed by atoms with Gasteiger partial charge in [0.1, 0.15) is 13.2 Å². The second-order valence-electron chi connectivity index (χ2n) is 4.16. The fourth-order valence-electron chi connectivity index (χ4n) is 1.67. The molecule has 8 nitrogen and oxygen atoms in total. The Labute approximate surface area is 104 Å². The molecule has 0 unspecified atom stereocenters. The second kappa shape index (κ2) is 5.78. The minimum absolute atomic E-state index is 0.0209. The zero-order valence-electron chi connectivity index (χ0n) is 10.2. The third-order valence-electron chi connectivity index (χ3n) is 2.69. The zero-order chi connectivity index (χ0) is 13.0. The van der Waals surface area contributed by atoms with Crippen LogP contribution in [0.25, 0.3) is 0 Å². The summed E-state index contributed by atoms with van der Waals surface area (Å²) in [5.41, 5.74) is 0. The Kier molecular flexibility index (Phi) is 4.11. The van der Waals surface area contributed by atoms with E-state index < -0.39 is 5.97 Å². The molecule has 0 bridgehead atoms. The van der Waals surface area contributed by atoms with E-state index in [4.69, 9.17) is 14.4 Å². The largest absolute Gasteiger partial charge is 0.480 e. The highest BCUT2D eigenvalue weighted by Crippen LogP contribution is 2.12. The van der Waals surface area contributed by atoms with Crippen LogP contribution in [0.3, 0.4) is 0 Å².